The molecule has 0 aliphatic carbocycles. The number of carbonyl (C=O) groups excluding carboxylic acids is 2. The van der Waals surface area contributed by atoms with Crippen LogP contribution < -0.4 is 11.1 Å². The quantitative estimate of drug-likeness (QED) is 0.763. The van der Waals surface area contributed by atoms with E-state index >= 15 is 0 Å². The topological polar surface area (TPSA) is 123 Å². The maximum Gasteiger partial charge on any atom is 0.275 e. The van der Waals surface area contributed by atoms with Crippen LogP contribution in [0.15, 0.2) is 35.6 Å². The Balaban J connectivity index is 1.70. The lowest BCUT2D eigenvalue weighted by Gasteiger charge is -2.38. The van der Waals surface area contributed by atoms with Gasteiger partial charge in [-0.1, -0.05) is 6.92 Å². The van der Waals surface area contributed by atoms with Crippen molar-refractivity contribution in [2.75, 3.05) is 19.0 Å². The third-order valence-electron chi connectivity index (χ3n) is 5.80. The van der Waals surface area contributed by atoms with E-state index in [0.717, 1.165) is 5.69 Å². The second-order valence-corrected chi connectivity index (χ2v) is 7.68. The second kappa shape index (κ2) is 7.69. The lowest BCUT2D eigenvalue weighted by molar-refractivity contribution is -0.134. The standard InChI is InChI=1S/C21H23FN6O3/c1-4-12-8-25-16(9-24-12)18(29)26-13-5-6-15(22)14(7-13)21-10-31-11(2)17(21)19(30)28(3)20(23)27-21/h5-9,11,17H,4,10H2,1-3H3,(H2,23,27)(H,26,29)/t11-,17+,21-/m1/s1. The van der Waals surface area contributed by atoms with E-state index in [4.69, 9.17) is 10.5 Å². The zero-order valence-electron chi connectivity index (χ0n) is 17.4. The number of nitrogens with one attached hydrogen (secondary N) is 1. The fourth-order valence-electron chi connectivity index (χ4n) is 4.03. The number of benzene rings is 1. The van der Waals surface area contributed by atoms with Gasteiger partial charge in [-0.3, -0.25) is 19.5 Å². The molecule has 1 aromatic carbocycles. The molecule has 0 unspecified atom stereocenters. The normalized spacial score (nSPS) is 25.2. The van der Waals surface area contributed by atoms with Crippen molar-refractivity contribution in [1.82, 2.24) is 14.9 Å². The van der Waals surface area contributed by atoms with Crippen LogP contribution in [0.3, 0.4) is 0 Å². The predicted octanol–water partition coefficient (Wildman–Crippen LogP) is 1.45. The molecule has 3 atom stereocenters. The first-order valence-electron chi connectivity index (χ1n) is 9.93. The van der Waals surface area contributed by atoms with E-state index in [1.54, 1.807) is 6.92 Å². The summed E-state index contributed by atoms with van der Waals surface area (Å²) < 4.78 is 20.7. The van der Waals surface area contributed by atoms with Crippen LogP contribution in [0, 0.1) is 11.7 Å². The molecule has 3 heterocycles. The van der Waals surface area contributed by atoms with Gasteiger partial charge in [-0.05, 0) is 31.5 Å². The number of nitrogens with zero attached hydrogens (tertiary/aromatic N) is 4. The minimum atomic E-state index is -1.31. The summed E-state index contributed by atoms with van der Waals surface area (Å²) in [6.45, 7) is 3.68. The smallest absolute Gasteiger partial charge is 0.275 e. The first-order chi connectivity index (χ1) is 14.8. The fourth-order valence-corrected chi connectivity index (χ4v) is 4.03. The third-order valence-corrected chi connectivity index (χ3v) is 5.80. The molecule has 9 nitrogen and oxygen atoms in total. The number of anilines is 1. The summed E-state index contributed by atoms with van der Waals surface area (Å²) in [7, 11) is 1.52. The van der Waals surface area contributed by atoms with Crippen LogP contribution >= 0.6 is 0 Å². The van der Waals surface area contributed by atoms with Crippen molar-refractivity contribution in [2.45, 2.75) is 31.9 Å². The molecule has 2 aliphatic heterocycles. The highest BCUT2D eigenvalue weighted by Gasteiger charge is 2.58. The predicted molar refractivity (Wildman–Crippen MR) is 111 cm³/mol. The number of halogens is 1. The van der Waals surface area contributed by atoms with Gasteiger partial charge in [0.15, 0.2) is 5.96 Å². The number of aryl methyl sites for hydroxylation is 1. The van der Waals surface area contributed by atoms with E-state index < -0.39 is 29.3 Å². The summed E-state index contributed by atoms with van der Waals surface area (Å²) in [6.07, 6.45) is 3.16. The van der Waals surface area contributed by atoms with Crippen LogP contribution in [0.4, 0.5) is 10.1 Å². The number of guanidine groups is 1. The molecule has 0 saturated carbocycles. The Kier molecular flexibility index (Phi) is 5.18. The summed E-state index contributed by atoms with van der Waals surface area (Å²) in [5.74, 6) is -2.10. The molecule has 2 aromatic rings. The van der Waals surface area contributed by atoms with Crippen molar-refractivity contribution >= 4 is 23.5 Å². The summed E-state index contributed by atoms with van der Waals surface area (Å²) in [6, 6.07) is 4.12. The van der Waals surface area contributed by atoms with Gasteiger partial charge in [0.1, 0.15) is 17.1 Å². The minimum Gasteiger partial charge on any atom is -0.375 e. The van der Waals surface area contributed by atoms with Gasteiger partial charge in [0, 0.05) is 24.5 Å². The molecule has 0 radical (unpaired) electrons. The summed E-state index contributed by atoms with van der Waals surface area (Å²) in [5, 5.41) is 2.70. The number of aliphatic imine (C=N–C) groups is 1. The van der Waals surface area contributed by atoms with Crippen LogP contribution in [0.2, 0.25) is 0 Å². The maximum absolute atomic E-state index is 15.0. The summed E-state index contributed by atoms with van der Waals surface area (Å²) in [5.41, 5.74) is 6.01. The Morgan fingerprint density at radius 1 is 1.39 bits per heavy atom. The first kappa shape index (κ1) is 20.9. The molecule has 31 heavy (non-hydrogen) atoms. The highest BCUT2D eigenvalue weighted by molar-refractivity contribution is 6.03. The van der Waals surface area contributed by atoms with Gasteiger partial charge in [-0.2, -0.15) is 0 Å². The number of aromatic nitrogens is 2. The number of rotatable bonds is 4. The molecule has 2 amide bonds. The van der Waals surface area contributed by atoms with E-state index in [2.05, 4.69) is 20.3 Å². The highest BCUT2D eigenvalue weighted by Crippen LogP contribution is 2.47. The Hall–Kier alpha value is -3.40. The summed E-state index contributed by atoms with van der Waals surface area (Å²) in [4.78, 5) is 39.5. The van der Waals surface area contributed by atoms with Crippen molar-refractivity contribution in [3.05, 3.63) is 53.4 Å². The van der Waals surface area contributed by atoms with Crippen molar-refractivity contribution in [1.29, 1.82) is 0 Å². The molecular weight excluding hydrogens is 403 g/mol. The fraction of sp³-hybridized carbons (Fsp3) is 0.381. The molecule has 2 aliphatic rings. The molecule has 0 bridgehead atoms. The average molecular weight is 426 g/mol. The number of fused-ring (bicyclic) bond motifs is 1. The van der Waals surface area contributed by atoms with Gasteiger partial charge < -0.3 is 15.8 Å². The van der Waals surface area contributed by atoms with Crippen molar-refractivity contribution < 1.29 is 18.7 Å². The zero-order valence-corrected chi connectivity index (χ0v) is 17.4. The monoisotopic (exact) mass is 426 g/mol. The molecule has 1 saturated heterocycles. The molecule has 1 aromatic heterocycles. The van der Waals surface area contributed by atoms with Gasteiger partial charge in [-0.25, -0.2) is 14.4 Å². The largest absolute Gasteiger partial charge is 0.375 e. The van der Waals surface area contributed by atoms with Gasteiger partial charge in [0.05, 0.1) is 30.5 Å². The average Bonchev–Trinajstić information content (AvgIpc) is 3.10. The lowest BCUT2D eigenvalue weighted by Crippen LogP contribution is -2.55. The molecule has 0 spiro atoms. The SMILES string of the molecule is CCc1cnc(C(=O)Nc2ccc(F)c([C@]34CO[C@H](C)[C@H]3C(=O)N(C)C(N)=N4)c2)cn1. The Morgan fingerprint density at radius 2 is 2.16 bits per heavy atom. The van der Waals surface area contributed by atoms with E-state index in [1.807, 2.05) is 6.92 Å². The van der Waals surface area contributed by atoms with Crippen molar-refractivity contribution in [2.24, 2.45) is 16.6 Å². The molecule has 1 fully saturated rings. The number of ether oxygens (including phenoxy) is 1. The molecule has 3 N–H and O–H groups in total. The molecule has 10 heteroatoms. The van der Waals surface area contributed by atoms with Gasteiger partial charge in [-0.15, -0.1) is 0 Å². The molecular formula is C21H23FN6O3. The Labute approximate surface area is 178 Å². The Morgan fingerprint density at radius 3 is 2.84 bits per heavy atom. The molecule has 4 rings (SSSR count). The van der Waals surface area contributed by atoms with Gasteiger partial charge >= 0.3 is 0 Å². The van der Waals surface area contributed by atoms with Crippen LogP contribution in [-0.4, -0.2) is 52.4 Å². The van der Waals surface area contributed by atoms with Crippen molar-refractivity contribution in [3.63, 3.8) is 0 Å². The third kappa shape index (κ3) is 3.42. The van der Waals surface area contributed by atoms with Crippen LogP contribution in [-0.2, 0) is 21.5 Å². The van der Waals surface area contributed by atoms with E-state index in [9.17, 15) is 14.0 Å². The highest BCUT2D eigenvalue weighted by atomic mass is 19.1. The second-order valence-electron chi connectivity index (χ2n) is 7.68. The lowest BCUT2D eigenvalue weighted by atomic mass is 9.76. The first-order valence-corrected chi connectivity index (χ1v) is 9.93. The van der Waals surface area contributed by atoms with E-state index in [1.165, 1.54) is 42.5 Å². The number of amides is 2. The van der Waals surface area contributed by atoms with E-state index in [0.29, 0.717) is 12.1 Å². The number of nitrogens with two attached hydrogens (primary N) is 1. The summed E-state index contributed by atoms with van der Waals surface area (Å²) >= 11 is 0. The van der Waals surface area contributed by atoms with Crippen molar-refractivity contribution in [3.8, 4) is 0 Å². The Bertz CT molecular complexity index is 1070. The zero-order chi connectivity index (χ0) is 22.3. The van der Waals surface area contributed by atoms with Gasteiger partial charge in [0.25, 0.3) is 5.91 Å². The van der Waals surface area contributed by atoms with Gasteiger partial charge in [0.2, 0.25) is 5.91 Å². The van der Waals surface area contributed by atoms with Crippen LogP contribution in [0.1, 0.15) is 35.6 Å². The number of carbonyl (C=O) groups is 2. The van der Waals surface area contributed by atoms with Crippen LogP contribution in [0.5, 0.6) is 0 Å². The van der Waals surface area contributed by atoms with E-state index in [-0.39, 0.29) is 29.7 Å². The minimum absolute atomic E-state index is 0.00259. The maximum atomic E-state index is 15.0. The van der Waals surface area contributed by atoms with Crippen LogP contribution in [0.25, 0.3) is 0 Å². The number of hydrogen-bond donors (Lipinski definition) is 2. The number of hydrogen-bond acceptors (Lipinski definition) is 7. The molecule has 162 valence electrons.